The van der Waals surface area contributed by atoms with Crippen molar-refractivity contribution in [3.05, 3.63) is 0 Å². The number of carbonyl (C=O) groups excluding carboxylic acids is 2. The van der Waals surface area contributed by atoms with Gasteiger partial charge in [-0.3, -0.25) is 14.5 Å². The van der Waals surface area contributed by atoms with Crippen molar-refractivity contribution in [3.63, 3.8) is 0 Å². The summed E-state index contributed by atoms with van der Waals surface area (Å²) >= 11 is 0. The fourth-order valence-electron chi connectivity index (χ4n) is 3.53. The molecule has 1 aliphatic carbocycles. The molecule has 2 unspecified atom stereocenters. The minimum Gasteiger partial charge on any atom is -0.395 e. The number of hydrogen-bond donors (Lipinski definition) is 2. The molecular weight excluding hydrogens is 306 g/mol. The number of carbonyl (C=O) groups is 2. The maximum absolute atomic E-state index is 12.9. The van der Waals surface area contributed by atoms with Gasteiger partial charge in [-0.2, -0.15) is 0 Å². The summed E-state index contributed by atoms with van der Waals surface area (Å²) in [6, 6.07) is -0.0311. The Hall–Kier alpha value is -1.14. The molecule has 2 amide bonds. The van der Waals surface area contributed by atoms with E-state index in [0.29, 0.717) is 38.4 Å². The largest absolute Gasteiger partial charge is 0.395 e. The van der Waals surface area contributed by atoms with Gasteiger partial charge in [0.15, 0.2) is 0 Å². The summed E-state index contributed by atoms with van der Waals surface area (Å²) in [5.74, 6) is 0.452. The first kappa shape index (κ1) is 19.2. The maximum Gasteiger partial charge on any atom is 0.238 e. The number of amides is 2. The van der Waals surface area contributed by atoms with E-state index in [2.05, 4.69) is 24.1 Å². The van der Waals surface area contributed by atoms with Gasteiger partial charge in [-0.1, -0.05) is 26.7 Å². The van der Waals surface area contributed by atoms with Gasteiger partial charge >= 0.3 is 0 Å². The first-order chi connectivity index (χ1) is 11.4. The van der Waals surface area contributed by atoms with Crippen molar-refractivity contribution in [1.29, 1.82) is 0 Å². The second-order valence-corrected chi connectivity index (χ2v) is 7.59. The van der Waals surface area contributed by atoms with Crippen LogP contribution >= 0.6 is 0 Å². The summed E-state index contributed by atoms with van der Waals surface area (Å²) in [6.45, 7) is 6.94. The molecule has 0 spiro atoms. The first-order valence-electron chi connectivity index (χ1n) is 9.33. The Balaban J connectivity index is 1.85. The van der Waals surface area contributed by atoms with E-state index in [1.807, 2.05) is 7.05 Å². The first-order valence-corrected chi connectivity index (χ1v) is 9.33. The summed E-state index contributed by atoms with van der Waals surface area (Å²) < 4.78 is 0. The SMILES string of the molecule is CCCC(C)CCNC(=O)C1(C(=O)N2CCN(C)C(CO)C2)CC1. The average molecular weight is 339 g/mol. The van der Waals surface area contributed by atoms with Gasteiger partial charge in [-0.25, -0.2) is 0 Å². The molecule has 24 heavy (non-hydrogen) atoms. The third-order valence-electron chi connectivity index (χ3n) is 5.57. The topological polar surface area (TPSA) is 72.9 Å². The Morgan fingerprint density at radius 2 is 2.00 bits per heavy atom. The van der Waals surface area contributed by atoms with Crippen LogP contribution in [0.3, 0.4) is 0 Å². The van der Waals surface area contributed by atoms with Crippen LogP contribution in [0.1, 0.15) is 46.0 Å². The van der Waals surface area contributed by atoms with Crippen molar-refractivity contribution >= 4 is 11.8 Å². The highest BCUT2D eigenvalue weighted by Crippen LogP contribution is 2.47. The van der Waals surface area contributed by atoms with E-state index >= 15 is 0 Å². The number of aliphatic hydroxyl groups is 1. The van der Waals surface area contributed by atoms with Gasteiger partial charge < -0.3 is 15.3 Å². The fourth-order valence-corrected chi connectivity index (χ4v) is 3.53. The highest BCUT2D eigenvalue weighted by Gasteiger charge is 2.58. The molecule has 138 valence electrons. The molecular formula is C18H33N3O3. The smallest absolute Gasteiger partial charge is 0.238 e. The molecule has 1 heterocycles. The number of likely N-dealkylation sites (N-methyl/N-ethyl adjacent to an activating group) is 1. The Kier molecular flexibility index (Phi) is 6.63. The molecule has 2 rings (SSSR count). The van der Waals surface area contributed by atoms with Crippen molar-refractivity contribution in [2.45, 2.75) is 52.0 Å². The Bertz CT molecular complexity index is 451. The third-order valence-corrected chi connectivity index (χ3v) is 5.57. The molecule has 1 saturated heterocycles. The normalized spacial score (nSPS) is 24.5. The average Bonchev–Trinajstić information content (AvgIpc) is 3.36. The lowest BCUT2D eigenvalue weighted by Gasteiger charge is -2.39. The summed E-state index contributed by atoms with van der Waals surface area (Å²) in [6.07, 6.45) is 4.60. The number of aliphatic hydroxyl groups excluding tert-OH is 1. The van der Waals surface area contributed by atoms with Crippen LogP contribution in [0.25, 0.3) is 0 Å². The van der Waals surface area contributed by atoms with Crippen LogP contribution in [0.15, 0.2) is 0 Å². The number of rotatable bonds is 8. The Morgan fingerprint density at radius 1 is 1.29 bits per heavy atom. The third kappa shape index (κ3) is 4.28. The number of piperazine rings is 1. The Labute approximate surface area is 145 Å². The molecule has 2 aliphatic rings. The van der Waals surface area contributed by atoms with E-state index < -0.39 is 5.41 Å². The molecule has 0 bridgehead atoms. The molecule has 2 fully saturated rings. The van der Waals surface area contributed by atoms with Crippen molar-refractivity contribution in [3.8, 4) is 0 Å². The molecule has 1 aliphatic heterocycles. The molecule has 0 radical (unpaired) electrons. The van der Waals surface area contributed by atoms with Crippen molar-refractivity contribution in [2.75, 3.05) is 39.8 Å². The summed E-state index contributed by atoms with van der Waals surface area (Å²) in [5.41, 5.74) is -0.829. The zero-order valence-corrected chi connectivity index (χ0v) is 15.4. The predicted octanol–water partition coefficient (Wildman–Crippen LogP) is 0.844. The summed E-state index contributed by atoms with van der Waals surface area (Å²) in [4.78, 5) is 29.2. The van der Waals surface area contributed by atoms with E-state index in [1.165, 1.54) is 6.42 Å². The van der Waals surface area contributed by atoms with E-state index in [-0.39, 0.29) is 24.5 Å². The standard InChI is InChI=1S/C18H33N3O3/c1-4-5-14(2)6-9-19-16(23)18(7-8-18)17(24)21-11-10-20(3)15(12-21)13-22/h14-15,22H,4-13H2,1-3H3,(H,19,23). The van der Waals surface area contributed by atoms with Crippen LogP contribution in [0, 0.1) is 11.3 Å². The van der Waals surface area contributed by atoms with Crippen LogP contribution < -0.4 is 5.32 Å². The quantitative estimate of drug-likeness (QED) is 0.643. The second kappa shape index (κ2) is 8.30. The predicted molar refractivity (Wildman–Crippen MR) is 93.4 cm³/mol. The minimum atomic E-state index is -0.829. The lowest BCUT2D eigenvalue weighted by Crippen LogP contribution is -2.57. The maximum atomic E-state index is 12.9. The summed E-state index contributed by atoms with van der Waals surface area (Å²) in [7, 11) is 1.96. The molecule has 0 aromatic carbocycles. The van der Waals surface area contributed by atoms with Crippen LogP contribution in [0.5, 0.6) is 0 Å². The lowest BCUT2D eigenvalue weighted by atomic mass is 10.0. The highest BCUT2D eigenvalue weighted by atomic mass is 16.3. The molecule has 2 N–H and O–H groups in total. The highest BCUT2D eigenvalue weighted by molar-refractivity contribution is 6.07. The van der Waals surface area contributed by atoms with Gasteiger partial charge in [0.05, 0.1) is 12.6 Å². The zero-order chi connectivity index (χ0) is 17.7. The van der Waals surface area contributed by atoms with Crippen LogP contribution in [0.2, 0.25) is 0 Å². The van der Waals surface area contributed by atoms with Gasteiger partial charge in [-0.15, -0.1) is 0 Å². The van der Waals surface area contributed by atoms with E-state index in [4.69, 9.17) is 0 Å². The molecule has 1 saturated carbocycles. The number of nitrogens with zero attached hydrogens (tertiary/aromatic N) is 2. The van der Waals surface area contributed by atoms with Gasteiger partial charge in [0, 0.05) is 26.2 Å². The summed E-state index contributed by atoms with van der Waals surface area (Å²) in [5, 5.41) is 12.4. The van der Waals surface area contributed by atoms with E-state index in [0.717, 1.165) is 19.4 Å². The molecule has 6 heteroatoms. The van der Waals surface area contributed by atoms with Crippen LogP contribution in [-0.2, 0) is 9.59 Å². The fraction of sp³-hybridized carbons (Fsp3) is 0.889. The molecule has 0 aromatic rings. The molecule has 0 aromatic heterocycles. The monoisotopic (exact) mass is 339 g/mol. The van der Waals surface area contributed by atoms with Crippen molar-refractivity contribution in [2.24, 2.45) is 11.3 Å². The zero-order valence-electron chi connectivity index (χ0n) is 15.4. The van der Waals surface area contributed by atoms with Crippen molar-refractivity contribution in [1.82, 2.24) is 15.1 Å². The minimum absolute atomic E-state index is 0.0311. The van der Waals surface area contributed by atoms with E-state index in [1.54, 1.807) is 4.90 Å². The number of nitrogens with one attached hydrogen (secondary N) is 1. The van der Waals surface area contributed by atoms with Gasteiger partial charge in [-0.05, 0) is 32.2 Å². The second-order valence-electron chi connectivity index (χ2n) is 7.59. The van der Waals surface area contributed by atoms with Gasteiger partial charge in [0.1, 0.15) is 5.41 Å². The van der Waals surface area contributed by atoms with Crippen LogP contribution in [-0.4, -0.2) is 72.6 Å². The van der Waals surface area contributed by atoms with Crippen LogP contribution in [0.4, 0.5) is 0 Å². The number of hydrogen-bond acceptors (Lipinski definition) is 4. The Morgan fingerprint density at radius 3 is 2.58 bits per heavy atom. The lowest BCUT2D eigenvalue weighted by molar-refractivity contribution is -0.146. The van der Waals surface area contributed by atoms with E-state index in [9.17, 15) is 14.7 Å². The molecule has 6 nitrogen and oxygen atoms in total. The van der Waals surface area contributed by atoms with Crippen molar-refractivity contribution < 1.29 is 14.7 Å². The molecule has 2 atom stereocenters. The van der Waals surface area contributed by atoms with Gasteiger partial charge in [0.25, 0.3) is 0 Å². The van der Waals surface area contributed by atoms with Gasteiger partial charge in [0.2, 0.25) is 11.8 Å².